The van der Waals surface area contributed by atoms with Gasteiger partial charge in [0.05, 0.1) is 12.7 Å². The molecule has 0 heterocycles. The van der Waals surface area contributed by atoms with E-state index in [4.69, 9.17) is 10.5 Å². The van der Waals surface area contributed by atoms with Crippen molar-refractivity contribution in [2.75, 3.05) is 7.11 Å². The van der Waals surface area contributed by atoms with Gasteiger partial charge in [-0.1, -0.05) is 0 Å². The summed E-state index contributed by atoms with van der Waals surface area (Å²) in [5.41, 5.74) is 6.51. The number of aldehydes is 1. The molecule has 0 saturated carbocycles. The van der Waals surface area contributed by atoms with Gasteiger partial charge in [-0.15, -0.1) is 0 Å². The molecule has 0 aliphatic rings. The third-order valence-corrected chi connectivity index (χ3v) is 1.90. The highest BCUT2D eigenvalue weighted by Gasteiger charge is 2.12. The number of nitrogens with two attached hydrogens (primary N) is 1. The van der Waals surface area contributed by atoms with Crippen molar-refractivity contribution in [1.82, 2.24) is 0 Å². The van der Waals surface area contributed by atoms with Crippen molar-refractivity contribution in [3.8, 4) is 5.75 Å². The highest BCUT2D eigenvalue weighted by atomic mass is 16.5. The Bertz CT molecular complexity index is 385. The molecule has 1 aromatic carbocycles. The number of methoxy groups -OCH3 is 1. The predicted octanol–water partition coefficient (Wildman–Crippen LogP) is 0.915. The van der Waals surface area contributed by atoms with Gasteiger partial charge in [-0.3, -0.25) is 9.59 Å². The molecular formula is C10H11NO3. The van der Waals surface area contributed by atoms with Crippen LogP contribution >= 0.6 is 0 Å². The molecule has 0 fully saturated rings. The maximum absolute atomic E-state index is 11.0. The molecule has 0 bridgehead atoms. The van der Waals surface area contributed by atoms with Gasteiger partial charge in [0.25, 0.3) is 5.91 Å². The topological polar surface area (TPSA) is 69.4 Å². The van der Waals surface area contributed by atoms with E-state index in [1.807, 2.05) is 0 Å². The maximum atomic E-state index is 11.0. The van der Waals surface area contributed by atoms with E-state index in [1.165, 1.54) is 13.2 Å². The van der Waals surface area contributed by atoms with Crippen LogP contribution in [0.25, 0.3) is 0 Å². The summed E-state index contributed by atoms with van der Waals surface area (Å²) in [5.74, 6) is -0.184. The van der Waals surface area contributed by atoms with Gasteiger partial charge in [-0.05, 0) is 24.6 Å². The smallest absolute Gasteiger partial charge is 0.252 e. The molecule has 0 unspecified atom stereocenters. The number of benzene rings is 1. The lowest BCUT2D eigenvalue weighted by Gasteiger charge is -2.09. The molecule has 1 amide bonds. The first-order valence-corrected chi connectivity index (χ1v) is 4.03. The summed E-state index contributed by atoms with van der Waals surface area (Å²) in [6, 6.07) is 3.06. The first-order valence-electron chi connectivity index (χ1n) is 4.03. The Hall–Kier alpha value is -1.84. The highest BCUT2D eigenvalue weighted by Crippen LogP contribution is 2.24. The van der Waals surface area contributed by atoms with Crippen LogP contribution in [0.2, 0.25) is 0 Å². The number of carbonyl (C=O) groups is 2. The lowest BCUT2D eigenvalue weighted by atomic mass is 10.1. The van der Waals surface area contributed by atoms with Crippen molar-refractivity contribution in [2.24, 2.45) is 5.73 Å². The first kappa shape index (κ1) is 10.2. The quantitative estimate of drug-likeness (QED) is 0.725. The van der Waals surface area contributed by atoms with Crippen molar-refractivity contribution in [2.45, 2.75) is 6.92 Å². The zero-order chi connectivity index (χ0) is 10.7. The minimum atomic E-state index is -0.603. The van der Waals surface area contributed by atoms with Crippen LogP contribution in [0.15, 0.2) is 12.1 Å². The maximum Gasteiger partial charge on any atom is 0.252 e. The Morgan fingerprint density at radius 1 is 1.50 bits per heavy atom. The van der Waals surface area contributed by atoms with Gasteiger partial charge in [0.1, 0.15) is 12.0 Å². The summed E-state index contributed by atoms with van der Waals surface area (Å²) in [7, 11) is 1.45. The normalized spacial score (nSPS) is 9.57. The molecule has 0 spiro atoms. The molecule has 0 aliphatic carbocycles. The molecule has 4 heteroatoms. The Balaban J connectivity index is 3.42. The summed E-state index contributed by atoms with van der Waals surface area (Å²) in [5, 5.41) is 0. The predicted molar refractivity (Wildman–Crippen MR) is 51.6 cm³/mol. The Kier molecular flexibility index (Phi) is 2.86. The molecule has 4 nitrogen and oxygen atoms in total. The van der Waals surface area contributed by atoms with Crippen molar-refractivity contribution in [3.63, 3.8) is 0 Å². The lowest BCUT2D eigenvalue weighted by molar-refractivity contribution is 0.0997. The summed E-state index contributed by atoms with van der Waals surface area (Å²) in [6.07, 6.45) is 0.666. The van der Waals surface area contributed by atoms with E-state index >= 15 is 0 Å². The van der Waals surface area contributed by atoms with Gasteiger partial charge >= 0.3 is 0 Å². The Morgan fingerprint density at radius 2 is 2.14 bits per heavy atom. The van der Waals surface area contributed by atoms with Gasteiger partial charge < -0.3 is 10.5 Å². The van der Waals surface area contributed by atoms with E-state index in [-0.39, 0.29) is 5.56 Å². The van der Waals surface area contributed by atoms with Gasteiger partial charge in [-0.25, -0.2) is 0 Å². The van der Waals surface area contributed by atoms with Crippen LogP contribution < -0.4 is 10.5 Å². The van der Waals surface area contributed by atoms with Gasteiger partial charge in [0.2, 0.25) is 0 Å². The third kappa shape index (κ3) is 1.74. The Morgan fingerprint density at radius 3 is 2.57 bits per heavy atom. The molecule has 1 rings (SSSR count). The first-order chi connectivity index (χ1) is 6.60. The average molecular weight is 193 g/mol. The van der Waals surface area contributed by atoms with E-state index in [2.05, 4.69) is 0 Å². The van der Waals surface area contributed by atoms with E-state index < -0.39 is 5.91 Å². The van der Waals surface area contributed by atoms with Gasteiger partial charge in [-0.2, -0.15) is 0 Å². The lowest BCUT2D eigenvalue weighted by Crippen LogP contribution is -2.13. The van der Waals surface area contributed by atoms with Gasteiger partial charge in [0.15, 0.2) is 0 Å². The fourth-order valence-corrected chi connectivity index (χ4v) is 1.32. The minimum Gasteiger partial charge on any atom is -0.496 e. The van der Waals surface area contributed by atoms with Crippen LogP contribution in [0.1, 0.15) is 26.3 Å². The second kappa shape index (κ2) is 3.91. The number of rotatable bonds is 3. The molecule has 74 valence electrons. The second-order valence-electron chi connectivity index (χ2n) is 2.90. The van der Waals surface area contributed by atoms with Crippen molar-refractivity contribution >= 4 is 12.2 Å². The standard InChI is InChI=1S/C10H11NO3/c1-6-3-7(5-12)4-8(10(11)13)9(6)14-2/h3-5H,1-2H3,(H2,11,13). The zero-order valence-electron chi connectivity index (χ0n) is 8.03. The SMILES string of the molecule is COc1c(C)cc(C=O)cc1C(N)=O. The number of carbonyl (C=O) groups excluding carboxylic acids is 2. The van der Waals surface area contributed by atoms with E-state index in [9.17, 15) is 9.59 Å². The number of amides is 1. The van der Waals surface area contributed by atoms with E-state index in [1.54, 1.807) is 13.0 Å². The summed E-state index contributed by atoms with van der Waals surface area (Å²) in [6.45, 7) is 1.75. The number of primary amides is 1. The van der Waals surface area contributed by atoms with Crippen LogP contribution in [0.3, 0.4) is 0 Å². The number of aryl methyl sites for hydroxylation is 1. The second-order valence-corrected chi connectivity index (χ2v) is 2.90. The molecule has 14 heavy (non-hydrogen) atoms. The van der Waals surface area contributed by atoms with Crippen LogP contribution in [0, 0.1) is 6.92 Å². The molecule has 0 saturated heterocycles. The summed E-state index contributed by atoms with van der Waals surface area (Å²) in [4.78, 5) is 21.6. The third-order valence-electron chi connectivity index (χ3n) is 1.90. The van der Waals surface area contributed by atoms with Crippen LogP contribution in [0.5, 0.6) is 5.75 Å². The Labute approximate surface area is 81.7 Å². The van der Waals surface area contributed by atoms with Crippen LogP contribution in [-0.4, -0.2) is 19.3 Å². The van der Waals surface area contributed by atoms with E-state index in [0.29, 0.717) is 23.2 Å². The van der Waals surface area contributed by atoms with Crippen LogP contribution in [0.4, 0.5) is 0 Å². The zero-order valence-corrected chi connectivity index (χ0v) is 8.03. The van der Waals surface area contributed by atoms with Crippen LogP contribution in [-0.2, 0) is 0 Å². The monoisotopic (exact) mass is 193 g/mol. The number of ether oxygens (including phenoxy) is 1. The fraction of sp³-hybridized carbons (Fsp3) is 0.200. The molecule has 1 aromatic rings. The molecule has 0 atom stereocenters. The summed E-state index contributed by atoms with van der Waals surface area (Å²) >= 11 is 0. The molecule has 0 aromatic heterocycles. The largest absolute Gasteiger partial charge is 0.496 e. The molecule has 2 N–H and O–H groups in total. The molecule has 0 aliphatic heterocycles. The van der Waals surface area contributed by atoms with E-state index in [0.717, 1.165) is 0 Å². The minimum absolute atomic E-state index is 0.231. The van der Waals surface area contributed by atoms with Gasteiger partial charge in [0, 0.05) is 5.56 Å². The summed E-state index contributed by atoms with van der Waals surface area (Å²) < 4.78 is 5.02. The molecule has 0 radical (unpaired) electrons. The van der Waals surface area contributed by atoms with Crippen molar-refractivity contribution < 1.29 is 14.3 Å². The van der Waals surface area contributed by atoms with Crippen molar-refractivity contribution in [1.29, 1.82) is 0 Å². The number of hydrogen-bond donors (Lipinski definition) is 1. The highest BCUT2D eigenvalue weighted by molar-refractivity contribution is 5.97. The van der Waals surface area contributed by atoms with Crippen molar-refractivity contribution in [3.05, 3.63) is 28.8 Å². The molecular weight excluding hydrogens is 182 g/mol. The fourth-order valence-electron chi connectivity index (χ4n) is 1.32. The number of hydrogen-bond acceptors (Lipinski definition) is 3. The average Bonchev–Trinajstić information content (AvgIpc) is 2.16.